The largest absolute Gasteiger partial charge is 0.325 e. The van der Waals surface area contributed by atoms with Crippen LogP contribution in [0.3, 0.4) is 0 Å². The molecule has 1 heterocycles. The Labute approximate surface area is 191 Å². The average Bonchev–Trinajstić information content (AvgIpc) is 3.23. The van der Waals surface area contributed by atoms with Gasteiger partial charge in [-0.15, -0.1) is 0 Å². The van der Waals surface area contributed by atoms with Crippen LogP contribution in [0.15, 0.2) is 90.2 Å². The third kappa shape index (κ3) is 4.90. The van der Waals surface area contributed by atoms with E-state index in [-0.39, 0.29) is 5.16 Å². The molecule has 1 amide bonds. The second-order valence-electron chi connectivity index (χ2n) is 7.29. The molecule has 1 N–H and O–H groups in total. The zero-order valence-corrected chi connectivity index (χ0v) is 18.8. The van der Waals surface area contributed by atoms with Gasteiger partial charge in [-0.2, -0.15) is 0 Å². The van der Waals surface area contributed by atoms with E-state index < -0.39 is 21.5 Å². The van der Waals surface area contributed by atoms with Crippen molar-refractivity contribution in [2.45, 2.75) is 12.1 Å². The number of anilines is 1. The van der Waals surface area contributed by atoms with E-state index in [0.717, 1.165) is 11.1 Å². The highest BCUT2D eigenvalue weighted by molar-refractivity contribution is 7.92. The van der Waals surface area contributed by atoms with Gasteiger partial charge in [0.1, 0.15) is 5.75 Å². The molecule has 0 aliphatic rings. The summed E-state index contributed by atoms with van der Waals surface area (Å²) in [5, 5.41) is 2.94. The minimum Gasteiger partial charge on any atom is -0.325 e. The van der Waals surface area contributed by atoms with E-state index in [9.17, 15) is 13.2 Å². The van der Waals surface area contributed by atoms with Gasteiger partial charge < -0.3 is 5.32 Å². The summed E-state index contributed by atoms with van der Waals surface area (Å²) in [5.74, 6) is -1.37. The number of carbonyl (C=O) groups excluding carboxylic acids is 1. The highest BCUT2D eigenvalue weighted by Crippen LogP contribution is 2.25. The lowest BCUT2D eigenvalue weighted by molar-refractivity contribution is -0.113. The summed E-state index contributed by atoms with van der Waals surface area (Å²) in [7, 11) is -4.06. The average molecular weight is 466 g/mol. The van der Waals surface area contributed by atoms with E-state index in [1.165, 1.54) is 4.57 Å². The zero-order chi connectivity index (χ0) is 22.7. The molecule has 0 atom stereocenters. The Balaban J connectivity index is 1.69. The van der Waals surface area contributed by atoms with Gasteiger partial charge in [-0.1, -0.05) is 59.6 Å². The van der Waals surface area contributed by atoms with Crippen LogP contribution in [-0.4, -0.2) is 29.6 Å². The number of halogens is 1. The summed E-state index contributed by atoms with van der Waals surface area (Å²) in [5.41, 5.74) is 3.39. The number of sulfone groups is 1. The van der Waals surface area contributed by atoms with Crippen molar-refractivity contribution in [2.75, 3.05) is 11.1 Å². The second-order valence-corrected chi connectivity index (χ2v) is 9.61. The molecular formula is C24H20ClN3O3S. The first-order valence-corrected chi connectivity index (χ1v) is 11.8. The molecule has 0 saturated carbocycles. The molecule has 3 aromatic carbocycles. The van der Waals surface area contributed by atoms with Crippen LogP contribution in [0, 0.1) is 6.92 Å². The van der Waals surface area contributed by atoms with Crippen LogP contribution in [-0.2, 0) is 14.6 Å². The number of rotatable bonds is 6. The highest BCUT2D eigenvalue weighted by atomic mass is 35.5. The van der Waals surface area contributed by atoms with Gasteiger partial charge in [0.05, 0.1) is 5.69 Å². The molecule has 4 rings (SSSR count). The van der Waals surface area contributed by atoms with Crippen LogP contribution in [0.2, 0.25) is 5.02 Å². The fraction of sp³-hybridized carbons (Fsp3) is 0.0833. The Hall–Kier alpha value is -3.42. The number of imidazole rings is 1. The van der Waals surface area contributed by atoms with Gasteiger partial charge in [-0.25, -0.2) is 13.4 Å². The maximum atomic E-state index is 13.2. The summed E-state index contributed by atoms with van der Waals surface area (Å²) < 4.78 is 27.9. The predicted octanol–water partition coefficient (Wildman–Crippen LogP) is 4.91. The molecule has 0 spiro atoms. The first-order chi connectivity index (χ1) is 15.3. The fourth-order valence-corrected chi connectivity index (χ4v) is 4.56. The molecule has 162 valence electrons. The number of hydrogen-bond donors (Lipinski definition) is 1. The smallest absolute Gasteiger partial charge is 0.240 e. The molecule has 0 aliphatic heterocycles. The molecule has 0 fully saturated rings. The van der Waals surface area contributed by atoms with Crippen LogP contribution >= 0.6 is 11.6 Å². The molecule has 0 unspecified atom stereocenters. The predicted molar refractivity (Wildman–Crippen MR) is 126 cm³/mol. The van der Waals surface area contributed by atoms with Crippen molar-refractivity contribution in [3.63, 3.8) is 0 Å². The quantitative estimate of drug-likeness (QED) is 0.438. The van der Waals surface area contributed by atoms with E-state index in [0.29, 0.717) is 22.1 Å². The minimum atomic E-state index is -4.06. The maximum Gasteiger partial charge on any atom is 0.240 e. The Kier molecular flexibility index (Phi) is 6.12. The van der Waals surface area contributed by atoms with Gasteiger partial charge >= 0.3 is 0 Å². The number of aryl methyl sites for hydroxylation is 1. The summed E-state index contributed by atoms with van der Waals surface area (Å²) in [6.45, 7) is 1.93. The molecule has 0 aliphatic carbocycles. The highest BCUT2D eigenvalue weighted by Gasteiger charge is 2.27. The first kappa shape index (κ1) is 21.8. The molecular weight excluding hydrogens is 446 g/mol. The van der Waals surface area contributed by atoms with Crippen molar-refractivity contribution in [3.8, 4) is 16.9 Å². The van der Waals surface area contributed by atoms with Crippen LogP contribution in [0.5, 0.6) is 0 Å². The molecule has 4 aromatic rings. The number of amides is 1. The fourth-order valence-electron chi connectivity index (χ4n) is 3.19. The van der Waals surface area contributed by atoms with E-state index >= 15 is 0 Å². The lowest BCUT2D eigenvalue weighted by Gasteiger charge is -2.09. The number of nitrogens with one attached hydrogen (secondary N) is 1. The van der Waals surface area contributed by atoms with Gasteiger partial charge in [-0.3, -0.25) is 9.36 Å². The van der Waals surface area contributed by atoms with Crippen LogP contribution in [0.25, 0.3) is 16.9 Å². The molecule has 0 radical (unpaired) electrons. The van der Waals surface area contributed by atoms with E-state index in [1.807, 2.05) is 49.4 Å². The maximum absolute atomic E-state index is 13.2. The molecule has 8 heteroatoms. The summed E-state index contributed by atoms with van der Waals surface area (Å²) in [6, 6.07) is 23.1. The Morgan fingerprint density at radius 2 is 1.62 bits per heavy atom. The van der Waals surface area contributed by atoms with E-state index in [2.05, 4.69) is 10.3 Å². The third-order valence-electron chi connectivity index (χ3n) is 4.78. The number of aromatic nitrogens is 2. The molecule has 1 aromatic heterocycles. The van der Waals surface area contributed by atoms with Crippen molar-refractivity contribution in [1.82, 2.24) is 9.55 Å². The van der Waals surface area contributed by atoms with Crippen LogP contribution in [0.4, 0.5) is 5.69 Å². The Morgan fingerprint density at radius 3 is 2.28 bits per heavy atom. The summed E-state index contributed by atoms with van der Waals surface area (Å²) in [4.78, 5) is 16.9. The van der Waals surface area contributed by atoms with Crippen molar-refractivity contribution in [2.24, 2.45) is 0 Å². The summed E-state index contributed by atoms with van der Waals surface area (Å²) >= 11 is 5.99. The third-order valence-corrected chi connectivity index (χ3v) is 6.52. The first-order valence-electron chi connectivity index (χ1n) is 9.82. The normalized spacial score (nSPS) is 11.3. The topological polar surface area (TPSA) is 81.1 Å². The van der Waals surface area contributed by atoms with Crippen molar-refractivity contribution >= 4 is 33.0 Å². The monoisotopic (exact) mass is 465 g/mol. The second kappa shape index (κ2) is 8.98. The van der Waals surface area contributed by atoms with Crippen LogP contribution in [0.1, 0.15) is 5.56 Å². The SMILES string of the molecule is Cc1ccc(NC(=O)CS(=O)(=O)c2nc(-c3ccccc3)cn2-c2ccc(Cl)cc2)cc1. The molecule has 32 heavy (non-hydrogen) atoms. The van der Waals surface area contributed by atoms with Gasteiger partial charge in [0, 0.05) is 28.2 Å². The lowest BCUT2D eigenvalue weighted by Crippen LogP contribution is -2.25. The van der Waals surface area contributed by atoms with Gasteiger partial charge in [0.2, 0.25) is 20.9 Å². The Bertz CT molecular complexity index is 1350. The number of benzene rings is 3. The minimum absolute atomic E-state index is 0.210. The number of nitrogens with zero attached hydrogens (tertiary/aromatic N) is 2. The van der Waals surface area contributed by atoms with E-state index in [4.69, 9.17) is 11.6 Å². The van der Waals surface area contributed by atoms with Gasteiger partial charge in [-0.05, 0) is 43.3 Å². The molecule has 6 nitrogen and oxygen atoms in total. The van der Waals surface area contributed by atoms with E-state index in [1.54, 1.807) is 42.6 Å². The van der Waals surface area contributed by atoms with Crippen molar-refractivity contribution < 1.29 is 13.2 Å². The zero-order valence-electron chi connectivity index (χ0n) is 17.2. The number of hydrogen-bond acceptors (Lipinski definition) is 4. The molecule has 0 saturated heterocycles. The van der Waals surface area contributed by atoms with Crippen molar-refractivity contribution in [1.29, 1.82) is 0 Å². The standard InChI is InChI=1S/C24H20ClN3O3S/c1-17-7-11-20(12-8-17)26-23(29)16-32(30,31)24-27-22(18-5-3-2-4-6-18)15-28(24)21-13-9-19(25)10-14-21/h2-15H,16H2,1H3,(H,26,29). The van der Waals surface area contributed by atoms with Gasteiger partial charge in [0.25, 0.3) is 0 Å². The number of carbonyl (C=O) groups is 1. The van der Waals surface area contributed by atoms with Crippen molar-refractivity contribution in [3.05, 3.63) is 95.6 Å². The Morgan fingerprint density at radius 1 is 0.969 bits per heavy atom. The lowest BCUT2D eigenvalue weighted by atomic mass is 10.2. The summed E-state index contributed by atoms with van der Waals surface area (Å²) in [6.07, 6.45) is 1.64. The molecule has 0 bridgehead atoms. The van der Waals surface area contributed by atoms with Crippen LogP contribution < -0.4 is 5.32 Å². The van der Waals surface area contributed by atoms with Gasteiger partial charge in [0.15, 0.2) is 0 Å².